The Labute approximate surface area is 139 Å². The van der Waals surface area contributed by atoms with E-state index >= 15 is 0 Å². The van der Waals surface area contributed by atoms with Crippen molar-refractivity contribution < 1.29 is 9.53 Å². The summed E-state index contributed by atoms with van der Waals surface area (Å²) in [5, 5.41) is 4.12. The highest BCUT2D eigenvalue weighted by molar-refractivity contribution is 7.16. The Hall–Kier alpha value is -1.43. The average molecular weight is 339 g/mol. The minimum atomic E-state index is -0.459. The molecule has 0 spiro atoms. The van der Waals surface area contributed by atoms with Crippen LogP contribution in [-0.4, -0.2) is 24.1 Å². The monoisotopic (exact) mass is 338 g/mol. The Balaban J connectivity index is 1.73. The first kappa shape index (κ1) is 16.9. The summed E-state index contributed by atoms with van der Waals surface area (Å²) in [6, 6.07) is 10.4. The number of benzene rings is 1. The summed E-state index contributed by atoms with van der Waals surface area (Å²) in [6.45, 7) is 3.58. The van der Waals surface area contributed by atoms with Crippen LogP contribution >= 0.6 is 22.9 Å². The van der Waals surface area contributed by atoms with Crippen LogP contribution in [0.4, 0.5) is 0 Å². The Morgan fingerprint density at radius 2 is 2.14 bits per heavy atom. The summed E-state index contributed by atoms with van der Waals surface area (Å²) in [7, 11) is 0. The van der Waals surface area contributed by atoms with Crippen LogP contribution in [0.25, 0.3) is 0 Å². The van der Waals surface area contributed by atoms with Gasteiger partial charge >= 0.3 is 5.97 Å². The molecule has 6 heteroatoms. The third-order valence-electron chi connectivity index (χ3n) is 3.04. The summed E-state index contributed by atoms with van der Waals surface area (Å²) >= 11 is 7.34. The van der Waals surface area contributed by atoms with Gasteiger partial charge in [-0.15, -0.1) is 11.3 Å². The van der Waals surface area contributed by atoms with E-state index in [0.29, 0.717) is 17.5 Å². The molecule has 0 saturated heterocycles. The zero-order valence-corrected chi connectivity index (χ0v) is 14.0. The first-order valence-electron chi connectivity index (χ1n) is 7.27. The fourth-order valence-corrected chi connectivity index (χ4v) is 3.13. The van der Waals surface area contributed by atoms with Gasteiger partial charge in [0.1, 0.15) is 9.34 Å². The number of nitrogens with one attached hydrogen (secondary N) is 1. The Kier molecular flexibility index (Phi) is 6.83. The number of aromatic nitrogens is 1. The van der Waals surface area contributed by atoms with Crippen molar-refractivity contribution in [3.05, 3.63) is 50.9 Å². The first-order chi connectivity index (χ1) is 10.7. The van der Waals surface area contributed by atoms with Gasteiger partial charge in [0.25, 0.3) is 0 Å². The van der Waals surface area contributed by atoms with E-state index in [1.54, 1.807) is 6.92 Å². The quantitative estimate of drug-likeness (QED) is 0.589. The topological polar surface area (TPSA) is 51.2 Å². The molecule has 118 valence electrons. The molecule has 0 amide bonds. The number of rotatable bonds is 8. The van der Waals surface area contributed by atoms with Crippen molar-refractivity contribution in [1.29, 1.82) is 0 Å². The molecule has 0 aliphatic carbocycles. The molecule has 0 atom stereocenters. The summed E-state index contributed by atoms with van der Waals surface area (Å²) < 4.78 is 5.30. The molecule has 22 heavy (non-hydrogen) atoms. The van der Waals surface area contributed by atoms with Gasteiger partial charge in [0.15, 0.2) is 5.69 Å². The summed E-state index contributed by atoms with van der Waals surface area (Å²) in [5.74, 6) is -0.459. The minimum absolute atomic E-state index is 0.217. The number of ether oxygens (including phenoxy) is 1. The molecule has 1 aromatic heterocycles. The van der Waals surface area contributed by atoms with Gasteiger partial charge in [0.05, 0.1) is 6.61 Å². The fraction of sp³-hybridized carbons (Fsp3) is 0.375. The van der Waals surface area contributed by atoms with Gasteiger partial charge in [-0.1, -0.05) is 41.9 Å². The molecule has 1 N–H and O–H groups in total. The Morgan fingerprint density at radius 3 is 2.86 bits per heavy atom. The third kappa shape index (κ3) is 5.09. The van der Waals surface area contributed by atoms with Gasteiger partial charge < -0.3 is 10.1 Å². The van der Waals surface area contributed by atoms with Gasteiger partial charge in [0.2, 0.25) is 0 Å². The second-order valence-corrected chi connectivity index (χ2v) is 6.40. The molecule has 0 fully saturated rings. The van der Waals surface area contributed by atoms with E-state index in [0.717, 1.165) is 24.4 Å². The minimum Gasteiger partial charge on any atom is -0.461 e. The molecule has 0 aliphatic heterocycles. The lowest BCUT2D eigenvalue weighted by Crippen LogP contribution is -2.15. The van der Waals surface area contributed by atoms with Crippen molar-refractivity contribution in [2.24, 2.45) is 0 Å². The standard InChI is InChI=1S/C16H19ClN2O2S/c1-2-21-16(20)14-15(17)22-13(19-14)11-18-10-6-9-12-7-4-3-5-8-12/h3-5,7-8,18H,2,6,9-11H2,1H3. The molecule has 2 aromatic rings. The molecule has 2 rings (SSSR count). The van der Waals surface area contributed by atoms with Crippen LogP contribution in [0.5, 0.6) is 0 Å². The highest BCUT2D eigenvalue weighted by Crippen LogP contribution is 2.24. The fourth-order valence-electron chi connectivity index (χ4n) is 2.00. The molecule has 4 nitrogen and oxygen atoms in total. The number of hydrogen-bond donors (Lipinski definition) is 1. The lowest BCUT2D eigenvalue weighted by molar-refractivity contribution is 0.0520. The van der Waals surface area contributed by atoms with Gasteiger partial charge in [-0.05, 0) is 31.9 Å². The van der Waals surface area contributed by atoms with E-state index < -0.39 is 5.97 Å². The van der Waals surface area contributed by atoms with Crippen LogP contribution in [-0.2, 0) is 17.7 Å². The normalized spacial score (nSPS) is 10.6. The Morgan fingerprint density at radius 1 is 1.36 bits per heavy atom. The number of esters is 1. The average Bonchev–Trinajstić information content (AvgIpc) is 2.89. The lowest BCUT2D eigenvalue weighted by atomic mass is 10.1. The number of carbonyl (C=O) groups is 1. The lowest BCUT2D eigenvalue weighted by Gasteiger charge is -2.03. The first-order valence-corrected chi connectivity index (χ1v) is 8.47. The number of aryl methyl sites for hydroxylation is 1. The molecule has 1 heterocycles. The van der Waals surface area contributed by atoms with Crippen molar-refractivity contribution in [2.45, 2.75) is 26.3 Å². The Bertz CT molecular complexity index is 601. The molecular formula is C16H19ClN2O2S. The molecule has 0 bridgehead atoms. The van der Waals surface area contributed by atoms with E-state index in [1.165, 1.54) is 16.9 Å². The van der Waals surface area contributed by atoms with Crippen LogP contribution < -0.4 is 5.32 Å². The second kappa shape index (κ2) is 8.88. The van der Waals surface area contributed by atoms with E-state index in [1.807, 2.05) is 6.07 Å². The van der Waals surface area contributed by atoms with E-state index in [4.69, 9.17) is 16.3 Å². The number of carbonyl (C=O) groups excluding carboxylic acids is 1. The maximum Gasteiger partial charge on any atom is 0.359 e. The van der Waals surface area contributed by atoms with Crippen LogP contribution in [0.15, 0.2) is 30.3 Å². The molecule has 0 saturated carbocycles. The zero-order chi connectivity index (χ0) is 15.8. The highest BCUT2D eigenvalue weighted by Gasteiger charge is 2.17. The molecular weight excluding hydrogens is 320 g/mol. The number of hydrogen-bond acceptors (Lipinski definition) is 5. The smallest absolute Gasteiger partial charge is 0.359 e. The van der Waals surface area contributed by atoms with Crippen molar-refractivity contribution in [3.8, 4) is 0 Å². The van der Waals surface area contributed by atoms with Crippen molar-refractivity contribution >= 4 is 28.9 Å². The molecule has 0 radical (unpaired) electrons. The number of thiazole rings is 1. The summed E-state index contributed by atoms with van der Waals surface area (Å²) in [6.07, 6.45) is 2.09. The number of nitrogens with zero attached hydrogens (tertiary/aromatic N) is 1. The predicted molar refractivity (Wildman–Crippen MR) is 89.6 cm³/mol. The molecule has 0 aliphatic rings. The van der Waals surface area contributed by atoms with Gasteiger partial charge in [0, 0.05) is 6.54 Å². The predicted octanol–water partition coefficient (Wildman–Crippen LogP) is 3.70. The third-order valence-corrected chi connectivity index (χ3v) is 4.29. The van der Waals surface area contributed by atoms with Crippen molar-refractivity contribution in [2.75, 3.05) is 13.2 Å². The van der Waals surface area contributed by atoms with E-state index in [-0.39, 0.29) is 5.69 Å². The maximum absolute atomic E-state index is 11.6. The second-order valence-electron chi connectivity index (χ2n) is 4.72. The SMILES string of the molecule is CCOC(=O)c1nc(CNCCCc2ccccc2)sc1Cl. The van der Waals surface area contributed by atoms with Crippen molar-refractivity contribution in [3.63, 3.8) is 0 Å². The van der Waals surface area contributed by atoms with Gasteiger partial charge in [-0.2, -0.15) is 0 Å². The van der Waals surface area contributed by atoms with Gasteiger partial charge in [-0.3, -0.25) is 0 Å². The van der Waals surface area contributed by atoms with Crippen LogP contribution in [0, 0.1) is 0 Å². The largest absolute Gasteiger partial charge is 0.461 e. The summed E-state index contributed by atoms with van der Waals surface area (Å²) in [5.41, 5.74) is 1.56. The summed E-state index contributed by atoms with van der Waals surface area (Å²) in [4.78, 5) is 15.9. The van der Waals surface area contributed by atoms with E-state index in [9.17, 15) is 4.79 Å². The molecule has 0 unspecified atom stereocenters. The van der Waals surface area contributed by atoms with Crippen LogP contribution in [0.3, 0.4) is 0 Å². The highest BCUT2D eigenvalue weighted by atomic mass is 35.5. The maximum atomic E-state index is 11.6. The van der Waals surface area contributed by atoms with Crippen molar-refractivity contribution in [1.82, 2.24) is 10.3 Å². The van der Waals surface area contributed by atoms with Crippen LogP contribution in [0.2, 0.25) is 4.34 Å². The number of halogens is 1. The van der Waals surface area contributed by atoms with Crippen LogP contribution in [0.1, 0.15) is 34.4 Å². The molecule has 1 aromatic carbocycles. The zero-order valence-electron chi connectivity index (χ0n) is 12.5. The van der Waals surface area contributed by atoms with Gasteiger partial charge in [-0.25, -0.2) is 9.78 Å². The van der Waals surface area contributed by atoms with E-state index in [2.05, 4.69) is 34.6 Å².